The number of hydrogen-bond donors (Lipinski definition) is 0. The Bertz CT molecular complexity index is 1240. The summed E-state index contributed by atoms with van der Waals surface area (Å²) in [6, 6.07) is 11.9. The van der Waals surface area contributed by atoms with Crippen molar-refractivity contribution < 1.29 is 9.47 Å². The summed E-state index contributed by atoms with van der Waals surface area (Å²) in [5, 5.41) is 12.5. The third kappa shape index (κ3) is 4.52. The number of rotatable bonds is 8. The number of nitrogens with zero attached hydrogens (tertiary/aromatic N) is 7. The van der Waals surface area contributed by atoms with Crippen LogP contribution < -0.4 is 9.47 Å². The van der Waals surface area contributed by atoms with Gasteiger partial charge in [-0.3, -0.25) is 4.98 Å². The smallest absolute Gasteiger partial charge is 0.224 e. The summed E-state index contributed by atoms with van der Waals surface area (Å²) in [5.41, 5.74) is 3.81. The Labute approximate surface area is 191 Å². The molecule has 2 atom stereocenters. The van der Waals surface area contributed by atoms with E-state index in [-0.39, 0.29) is 0 Å². The van der Waals surface area contributed by atoms with E-state index >= 15 is 0 Å². The van der Waals surface area contributed by atoms with Gasteiger partial charge in [0.25, 0.3) is 0 Å². The van der Waals surface area contributed by atoms with Crippen LogP contribution in [0.5, 0.6) is 11.6 Å². The number of benzene rings is 1. The van der Waals surface area contributed by atoms with Gasteiger partial charge in [0.1, 0.15) is 11.6 Å². The molecule has 1 aromatic carbocycles. The SMILES string of the molecule is CCn1nnc(-c2ccc(-c3cnc(C)nc3OCC3CC3c3ccc(OC)cn3)cc2)n1. The van der Waals surface area contributed by atoms with Gasteiger partial charge in [0.05, 0.1) is 32.0 Å². The number of aromatic nitrogens is 7. The lowest BCUT2D eigenvalue weighted by atomic mass is 10.1. The molecule has 2 unspecified atom stereocenters. The van der Waals surface area contributed by atoms with Crippen LogP contribution in [0.4, 0.5) is 0 Å². The van der Waals surface area contributed by atoms with Gasteiger partial charge in [0.15, 0.2) is 0 Å². The lowest BCUT2D eigenvalue weighted by Crippen LogP contribution is -2.05. The lowest BCUT2D eigenvalue weighted by molar-refractivity contribution is 0.285. The molecule has 3 heterocycles. The fourth-order valence-electron chi connectivity index (χ4n) is 3.76. The van der Waals surface area contributed by atoms with E-state index in [4.69, 9.17) is 9.47 Å². The highest BCUT2D eigenvalue weighted by Crippen LogP contribution is 2.47. The summed E-state index contributed by atoms with van der Waals surface area (Å²) in [6.07, 6.45) is 4.63. The van der Waals surface area contributed by atoms with E-state index in [1.807, 2.05) is 56.4 Å². The van der Waals surface area contributed by atoms with Crippen LogP contribution in [0.1, 0.15) is 30.8 Å². The molecule has 1 saturated carbocycles. The standard InChI is InChI=1S/C24H25N7O2/c1-4-31-29-23(28-30-31)17-7-5-16(6-8-17)21-13-25-15(2)27-24(21)33-14-18-11-20(18)22-10-9-19(32-3)12-26-22/h5-10,12-13,18,20H,4,11,14H2,1-3H3. The summed E-state index contributed by atoms with van der Waals surface area (Å²) < 4.78 is 11.4. The molecule has 0 radical (unpaired) electrons. The van der Waals surface area contributed by atoms with E-state index in [1.54, 1.807) is 18.1 Å². The van der Waals surface area contributed by atoms with Gasteiger partial charge in [-0.15, -0.1) is 10.2 Å². The van der Waals surface area contributed by atoms with Crippen molar-refractivity contribution >= 4 is 0 Å². The van der Waals surface area contributed by atoms with Crippen LogP contribution in [0.3, 0.4) is 0 Å². The largest absolute Gasteiger partial charge is 0.495 e. The van der Waals surface area contributed by atoms with Crippen molar-refractivity contribution in [3.05, 3.63) is 60.3 Å². The van der Waals surface area contributed by atoms with Crippen LogP contribution in [0.2, 0.25) is 0 Å². The minimum atomic E-state index is 0.408. The molecule has 1 aliphatic rings. The van der Waals surface area contributed by atoms with Gasteiger partial charge in [-0.05, 0) is 43.2 Å². The molecule has 5 rings (SSSR count). The number of tetrazole rings is 1. The van der Waals surface area contributed by atoms with Crippen LogP contribution >= 0.6 is 0 Å². The van der Waals surface area contributed by atoms with Gasteiger partial charge in [-0.25, -0.2) is 4.98 Å². The lowest BCUT2D eigenvalue weighted by Gasteiger charge is -2.11. The highest BCUT2D eigenvalue weighted by Gasteiger charge is 2.40. The van der Waals surface area contributed by atoms with E-state index in [0.29, 0.717) is 42.5 Å². The van der Waals surface area contributed by atoms with Gasteiger partial charge in [-0.2, -0.15) is 9.78 Å². The molecule has 0 spiro atoms. The monoisotopic (exact) mass is 443 g/mol. The second-order valence-electron chi connectivity index (χ2n) is 8.05. The van der Waals surface area contributed by atoms with Gasteiger partial charge >= 0.3 is 0 Å². The quantitative estimate of drug-likeness (QED) is 0.406. The average Bonchev–Trinajstić information content (AvgIpc) is 3.48. The minimum Gasteiger partial charge on any atom is -0.495 e. The van der Waals surface area contributed by atoms with Gasteiger partial charge in [-0.1, -0.05) is 24.3 Å². The van der Waals surface area contributed by atoms with Crippen LogP contribution in [0.15, 0.2) is 48.8 Å². The maximum atomic E-state index is 6.18. The van der Waals surface area contributed by atoms with Crippen molar-refractivity contribution in [3.8, 4) is 34.1 Å². The van der Waals surface area contributed by atoms with E-state index in [2.05, 4.69) is 30.4 Å². The Morgan fingerprint density at radius 2 is 1.85 bits per heavy atom. The van der Waals surface area contributed by atoms with E-state index < -0.39 is 0 Å². The zero-order chi connectivity index (χ0) is 22.8. The number of pyridine rings is 1. The molecule has 1 aliphatic carbocycles. The Balaban J connectivity index is 1.29. The molecule has 0 aliphatic heterocycles. The van der Waals surface area contributed by atoms with Crippen LogP contribution in [0.25, 0.3) is 22.5 Å². The summed E-state index contributed by atoms with van der Waals surface area (Å²) in [6.45, 7) is 5.11. The first kappa shape index (κ1) is 21.0. The predicted molar refractivity (Wildman–Crippen MR) is 122 cm³/mol. The fraction of sp³-hybridized carbons (Fsp3) is 0.333. The third-order valence-corrected chi connectivity index (χ3v) is 5.80. The highest BCUT2D eigenvalue weighted by molar-refractivity contribution is 5.70. The highest BCUT2D eigenvalue weighted by atomic mass is 16.5. The van der Waals surface area contributed by atoms with E-state index in [9.17, 15) is 0 Å². The summed E-state index contributed by atoms with van der Waals surface area (Å²) in [7, 11) is 1.65. The second kappa shape index (κ2) is 8.93. The zero-order valence-electron chi connectivity index (χ0n) is 18.8. The first-order chi connectivity index (χ1) is 16.1. The van der Waals surface area contributed by atoms with E-state index in [0.717, 1.165) is 34.6 Å². The Morgan fingerprint density at radius 3 is 2.55 bits per heavy atom. The number of methoxy groups -OCH3 is 1. The molecule has 168 valence electrons. The molecule has 9 heteroatoms. The Hall–Kier alpha value is -3.88. The fourth-order valence-corrected chi connectivity index (χ4v) is 3.76. The molecule has 0 bridgehead atoms. The average molecular weight is 444 g/mol. The minimum absolute atomic E-state index is 0.408. The van der Waals surface area contributed by atoms with Crippen molar-refractivity contribution in [2.45, 2.75) is 32.7 Å². The zero-order valence-corrected chi connectivity index (χ0v) is 18.8. The molecular formula is C24H25N7O2. The summed E-state index contributed by atoms with van der Waals surface area (Å²) >= 11 is 0. The molecular weight excluding hydrogens is 418 g/mol. The Kier molecular flexibility index (Phi) is 5.68. The molecule has 3 aromatic heterocycles. The van der Waals surface area contributed by atoms with Gasteiger partial charge in [0.2, 0.25) is 11.7 Å². The van der Waals surface area contributed by atoms with Crippen molar-refractivity contribution in [2.75, 3.05) is 13.7 Å². The predicted octanol–water partition coefficient (Wildman–Crippen LogP) is 3.71. The number of hydrogen-bond acceptors (Lipinski definition) is 8. The van der Waals surface area contributed by atoms with Crippen LogP contribution in [0, 0.1) is 12.8 Å². The van der Waals surface area contributed by atoms with Crippen molar-refractivity contribution in [1.29, 1.82) is 0 Å². The van der Waals surface area contributed by atoms with Crippen LogP contribution in [-0.2, 0) is 6.54 Å². The maximum Gasteiger partial charge on any atom is 0.224 e. The molecule has 33 heavy (non-hydrogen) atoms. The summed E-state index contributed by atoms with van der Waals surface area (Å²) in [4.78, 5) is 15.0. The third-order valence-electron chi connectivity index (χ3n) is 5.80. The maximum absolute atomic E-state index is 6.18. The molecule has 0 saturated heterocycles. The molecule has 4 aromatic rings. The van der Waals surface area contributed by atoms with Crippen molar-refractivity contribution in [1.82, 2.24) is 35.2 Å². The molecule has 1 fully saturated rings. The van der Waals surface area contributed by atoms with E-state index in [1.165, 1.54) is 0 Å². The Morgan fingerprint density at radius 1 is 1.03 bits per heavy atom. The van der Waals surface area contributed by atoms with Crippen LogP contribution in [-0.4, -0.2) is 48.9 Å². The van der Waals surface area contributed by atoms with Crippen molar-refractivity contribution in [3.63, 3.8) is 0 Å². The first-order valence-electron chi connectivity index (χ1n) is 11.0. The normalized spacial score (nSPS) is 17.1. The number of aryl methyl sites for hydroxylation is 2. The molecule has 9 nitrogen and oxygen atoms in total. The van der Waals surface area contributed by atoms with Gasteiger partial charge in [0, 0.05) is 29.3 Å². The van der Waals surface area contributed by atoms with Crippen molar-refractivity contribution in [2.24, 2.45) is 5.92 Å². The molecule has 0 amide bonds. The topological polar surface area (TPSA) is 101 Å². The second-order valence-corrected chi connectivity index (χ2v) is 8.05. The first-order valence-corrected chi connectivity index (χ1v) is 11.0. The summed E-state index contributed by atoms with van der Waals surface area (Å²) in [5.74, 6) is 3.47. The van der Waals surface area contributed by atoms with Gasteiger partial charge < -0.3 is 9.47 Å². The number of ether oxygens (including phenoxy) is 2. The molecule has 0 N–H and O–H groups in total.